The highest BCUT2D eigenvalue weighted by atomic mass is 16.5. The van der Waals surface area contributed by atoms with Gasteiger partial charge in [-0.2, -0.15) is 0 Å². The first-order valence-corrected chi connectivity index (χ1v) is 7.50. The maximum absolute atomic E-state index is 5.97. The van der Waals surface area contributed by atoms with E-state index in [1.807, 2.05) is 47.0 Å². The number of aliphatic imine (C=N–C) groups is 1. The van der Waals surface area contributed by atoms with E-state index in [1.165, 1.54) is 0 Å². The SMILES string of the molecule is COc1ccc([C@@H]2N=C(N)Nc3nc4ccccc4n32)c(OC)c1. The molecule has 2 aromatic carbocycles. The topological polar surface area (TPSA) is 86.7 Å². The monoisotopic (exact) mass is 323 g/mol. The third kappa shape index (κ3) is 2.13. The zero-order valence-corrected chi connectivity index (χ0v) is 13.4. The van der Waals surface area contributed by atoms with Gasteiger partial charge in [0.15, 0.2) is 12.1 Å². The predicted octanol–water partition coefficient (Wildman–Crippen LogP) is 2.34. The van der Waals surface area contributed by atoms with E-state index in [2.05, 4.69) is 15.3 Å². The summed E-state index contributed by atoms with van der Waals surface area (Å²) in [4.78, 5) is 9.16. The van der Waals surface area contributed by atoms with E-state index in [1.54, 1.807) is 14.2 Å². The number of nitrogens with zero attached hydrogens (tertiary/aromatic N) is 3. The highest BCUT2D eigenvalue weighted by molar-refractivity contribution is 5.94. The van der Waals surface area contributed by atoms with Crippen LogP contribution in [-0.2, 0) is 0 Å². The Labute approximate surface area is 138 Å². The van der Waals surface area contributed by atoms with Gasteiger partial charge in [-0.05, 0) is 24.3 Å². The van der Waals surface area contributed by atoms with Crippen LogP contribution in [0.5, 0.6) is 11.5 Å². The molecule has 24 heavy (non-hydrogen) atoms. The number of anilines is 1. The number of rotatable bonds is 3. The average molecular weight is 323 g/mol. The smallest absolute Gasteiger partial charge is 0.212 e. The number of hydrogen-bond donors (Lipinski definition) is 2. The predicted molar refractivity (Wildman–Crippen MR) is 92.7 cm³/mol. The van der Waals surface area contributed by atoms with Crippen molar-refractivity contribution in [3.05, 3.63) is 48.0 Å². The molecule has 0 amide bonds. The maximum Gasteiger partial charge on any atom is 0.212 e. The Balaban J connectivity index is 1.94. The zero-order chi connectivity index (χ0) is 16.7. The summed E-state index contributed by atoms with van der Waals surface area (Å²) in [5, 5.41) is 3.02. The number of ether oxygens (including phenoxy) is 2. The van der Waals surface area contributed by atoms with Crippen LogP contribution in [0, 0.1) is 0 Å². The standard InChI is InChI=1S/C17H17N5O2/c1-23-10-7-8-11(14(9-10)24-2)15-20-16(18)21-17-19-12-5-3-4-6-13(12)22(15)17/h3-9,15H,1-2H3,(H3,18,19,20,21)/t15-/m1/s1. The summed E-state index contributed by atoms with van der Waals surface area (Å²) in [6.45, 7) is 0. The highest BCUT2D eigenvalue weighted by Crippen LogP contribution is 2.37. The van der Waals surface area contributed by atoms with E-state index >= 15 is 0 Å². The van der Waals surface area contributed by atoms with E-state index in [0.29, 0.717) is 17.7 Å². The summed E-state index contributed by atoms with van der Waals surface area (Å²) >= 11 is 0. The van der Waals surface area contributed by atoms with Crippen molar-refractivity contribution >= 4 is 22.9 Å². The molecule has 0 fully saturated rings. The first-order valence-electron chi connectivity index (χ1n) is 7.50. The first kappa shape index (κ1) is 14.4. The second kappa shape index (κ2) is 5.45. The van der Waals surface area contributed by atoms with E-state index in [4.69, 9.17) is 15.2 Å². The molecule has 1 aromatic heterocycles. The van der Waals surface area contributed by atoms with Gasteiger partial charge in [0, 0.05) is 11.6 Å². The van der Waals surface area contributed by atoms with Crippen LogP contribution in [-0.4, -0.2) is 29.7 Å². The lowest BCUT2D eigenvalue weighted by Crippen LogP contribution is -2.31. The molecule has 4 rings (SSSR count). The van der Waals surface area contributed by atoms with Gasteiger partial charge in [0.2, 0.25) is 5.95 Å². The molecule has 2 heterocycles. The lowest BCUT2D eigenvalue weighted by atomic mass is 10.1. The van der Waals surface area contributed by atoms with Crippen molar-refractivity contribution in [2.45, 2.75) is 6.17 Å². The van der Waals surface area contributed by atoms with Crippen LogP contribution in [0.1, 0.15) is 11.7 Å². The number of benzene rings is 2. The number of nitrogens with one attached hydrogen (secondary N) is 1. The van der Waals surface area contributed by atoms with Crippen molar-refractivity contribution in [3.8, 4) is 11.5 Å². The van der Waals surface area contributed by atoms with Gasteiger partial charge in [0.1, 0.15) is 11.5 Å². The van der Waals surface area contributed by atoms with Gasteiger partial charge >= 0.3 is 0 Å². The summed E-state index contributed by atoms with van der Waals surface area (Å²) < 4.78 is 12.8. The number of para-hydroxylation sites is 2. The molecule has 0 bridgehead atoms. The molecule has 122 valence electrons. The van der Waals surface area contributed by atoms with Gasteiger partial charge in [-0.25, -0.2) is 9.98 Å². The van der Waals surface area contributed by atoms with Crippen molar-refractivity contribution in [1.82, 2.24) is 9.55 Å². The number of guanidine groups is 1. The Hall–Kier alpha value is -3.22. The third-order valence-corrected chi connectivity index (χ3v) is 4.06. The van der Waals surface area contributed by atoms with Gasteiger partial charge in [0.05, 0.1) is 25.3 Å². The second-order valence-electron chi connectivity index (χ2n) is 5.42. The normalized spacial score (nSPS) is 16.2. The average Bonchev–Trinajstić information content (AvgIpc) is 2.98. The molecule has 3 N–H and O–H groups in total. The summed E-state index contributed by atoms with van der Waals surface area (Å²) in [6, 6.07) is 13.5. The van der Waals surface area contributed by atoms with E-state index in [-0.39, 0.29) is 6.17 Å². The number of fused-ring (bicyclic) bond motifs is 3. The molecule has 1 aliphatic heterocycles. The van der Waals surface area contributed by atoms with E-state index < -0.39 is 0 Å². The molecule has 7 nitrogen and oxygen atoms in total. The van der Waals surface area contributed by atoms with Crippen LogP contribution in [0.2, 0.25) is 0 Å². The number of methoxy groups -OCH3 is 2. The Morgan fingerprint density at radius 3 is 2.75 bits per heavy atom. The molecule has 7 heteroatoms. The van der Waals surface area contributed by atoms with Gasteiger partial charge < -0.3 is 15.2 Å². The number of nitrogens with two attached hydrogens (primary N) is 1. The molecule has 0 saturated heterocycles. The molecule has 0 radical (unpaired) electrons. The fourth-order valence-electron chi connectivity index (χ4n) is 2.96. The Morgan fingerprint density at radius 2 is 1.96 bits per heavy atom. The number of aromatic nitrogens is 2. The Morgan fingerprint density at radius 1 is 1.12 bits per heavy atom. The van der Waals surface area contributed by atoms with Crippen molar-refractivity contribution in [3.63, 3.8) is 0 Å². The van der Waals surface area contributed by atoms with Gasteiger partial charge in [0.25, 0.3) is 0 Å². The lowest BCUT2D eigenvalue weighted by molar-refractivity contribution is 0.386. The highest BCUT2D eigenvalue weighted by Gasteiger charge is 2.27. The van der Waals surface area contributed by atoms with Crippen LogP contribution >= 0.6 is 0 Å². The third-order valence-electron chi connectivity index (χ3n) is 4.06. The molecule has 3 aromatic rings. The molecular weight excluding hydrogens is 306 g/mol. The quantitative estimate of drug-likeness (QED) is 0.772. The maximum atomic E-state index is 5.97. The minimum atomic E-state index is -0.366. The molecule has 1 aliphatic rings. The summed E-state index contributed by atoms with van der Waals surface area (Å²) in [6.07, 6.45) is -0.366. The van der Waals surface area contributed by atoms with Crippen LogP contribution in [0.25, 0.3) is 11.0 Å². The van der Waals surface area contributed by atoms with Crippen LogP contribution < -0.4 is 20.5 Å². The second-order valence-corrected chi connectivity index (χ2v) is 5.42. The Bertz CT molecular complexity index is 947. The largest absolute Gasteiger partial charge is 0.497 e. The molecular formula is C17H17N5O2. The van der Waals surface area contributed by atoms with Crippen molar-refractivity contribution in [2.75, 3.05) is 19.5 Å². The van der Waals surface area contributed by atoms with Gasteiger partial charge in [-0.1, -0.05) is 12.1 Å². The van der Waals surface area contributed by atoms with Crippen molar-refractivity contribution in [2.24, 2.45) is 10.7 Å². The lowest BCUT2D eigenvalue weighted by Gasteiger charge is -2.25. The summed E-state index contributed by atoms with van der Waals surface area (Å²) in [7, 11) is 3.25. The fourth-order valence-corrected chi connectivity index (χ4v) is 2.96. The van der Waals surface area contributed by atoms with E-state index in [9.17, 15) is 0 Å². The van der Waals surface area contributed by atoms with Crippen molar-refractivity contribution < 1.29 is 9.47 Å². The molecule has 0 saturated carbocycles. The van der Waals surface area contributed by atoms with E-state index in [0.717, 1.165) is 22.3 Å². The van der Waals surface area contributed by atoms with Gasteiger partial charge in [-0.15, -0.1) is 0 Å². The molecule has 0 spiro atoms. The summed E-state index contributed by atoms with van der Waals surface area (Å²) in [5.74, 6) is 2.38. The van der Waals surface area contributed by atoms with Crippen LogP contribution in [0.3, 0.4) is 0 Å². The summed E-state index contributed by atoms with van der Waals surface area (Å²) in [5.41, 5.74) is 8.70. The minimum absolute atomic E-state index is 0.320. The molecule has 1 atom stereocenters. The fraction of sp³-hybridized carbons (Fsp3) is 0.176. The zero-order valence-electron chi connectivity index (χ0n) is 13.4. The Kier molecular flexibility index (Phi) is 3.26. The van der Waals surface area contributed by atoms with Crippen LogP contribution in [0.4, 0.5) is 5.95 Å². The van der Waals surface area contributed by atoms with Gasteiger partial charge in [-0.3, -0.25) is 9.88 Å². The number of hydrogen-bond acceptors (Lipinski definition) is 6. The molecule has 0 unspecified atom stereocenters. The first-order chi connectivity index (χ1) is 11.7. The van der Waals surface area contributed by atoms with Crippen LogP contribution in [0.15, 0.2) is 47.5 Å². The number of imidazole rings is 1. The minimum Gasteiger partial charge on any atom is -0.497 e. The molecule has 0 aliphatic carbocycles. The van der Waals surface area contributed by atoms with Crippen molar-refractivity contribution in [1.29, 1.82) is 0 Å².